The molecule has 1 aliphatic heterocycles. The number of para-hydroxylation sites is 1. The summed E-state index contributed by atoms with van der Waals surface area (Å²) < 4.78 is 13.5. The maximum absolute atomic E-state index is 13.5. The second-order valence-electron chi connectivity index (χ2n) is 5.67. The van der Waals surface area contributed by atoms with Gasteiger partial charge < -0.3 is 10.6 Å². The minimum absolute atomic E-state index is 0.224. The van der Waals surface area contributed by atoms with Crippen LogP contribution in [0.2, 0.25) is 0 Å². The summed E-state index contributed by atoms with van der Waals surface area (Å²) in [4.78, 5) is 12.0. The van der Waals surface area contributed by atoms with E-state index in [1.54, 1.807) is 19.1 Å². The van der Waals surface area contributed by atoms with E-state index in [0.717, 1.165) is 13.0 Å². The van der Waals surface area contributed by atoms with Crippen molar-refractivity contribution >= 4 is 11.6 Å². The van der Waals surface area contributed by atoms with Gasteiger partial charge in [-0.2, -0.15) is 0 Å². The van der Waals surface area contributed by atoms with Crippen molar-refractivity contribution in [2.45, 2.75) is 19.3 Å². The molecule has 1 unspecified atom stereocenters. The second kappa shape index (κ2) is 6.18. The van der Waals surface area contributed by atoms with Crippen LogP contribution in [0.1, 0.15) is 33.8 Å². The Hall–Kier alpha value is -2.36. The molecule has 4 heteroatoms. The summed E-state index contributed by atoms with van der Waals surface area (Å²) in [6.45, 7) is 3.16. The molecule has 22 heavy (non-hydrogen) atoms. The molecule has 0 aliphatic carbocycles. The predicted molar refractivity (Wildman–Crippen MR) is 85.8 cm³/mol. The number of rotatable bonds is 4. The smallest absolute Gasteiger partial charge is 0.251 e. The van der Waals surface area contributed by atoms with Crippen LogP contribution in [0.25, 0.3) is 0 Å². The highest BCUT2D eigenvalue weighted by Crippen LogP contribution is 2.32. The fourth-order valence-electron chi connectivity index (χ4n) is 2.81. The van der Waals surface area contributed by atoms with Crippen molar-refractivity contribution in [1.29, 1.82) is 0 Å². The molecule has 0 spiro atoms. The van der Waals surface area contributed by atoms with E-state index in [9.17, 15) is 9.18 Å². The van der Waals surface area contributed by atoms with Crippen molar-refractivity contribution in [3.8, 4) is 0 Å². The molecule has 2 aromatic rings. The number of nitrogens with one attached hydrogen (secondary N) is 2. The Morgan fingerprint density at radius 3 is 2.95 bits per heavy atom. The van der Waals surface area contributed by atoms with Gasteiger partial charge in [-0.05, 0) is 42.7 Å². The molecule has 1 atom stereocenters. The number of benzene rings is 2. The lowest BCUT2D eigenvalue weighted by atomic mass is 9.98. The number of carbonyl (C=O) groups excluding carboxylic acids is 1. The van der Waals surface area contributed by atoms with Crippen molar-refractivity contribution in [2.75, 3.05) is 18.4 Å². The average Bonchev–Trinajstić information content (AvgIpc) is 2.93. The Morgan fingerprint density at radius 2 is 2.14 bits per heavy atom. The van der Waals surface area contributed by atoms with Crippen LogP contribution in [0.4, 0.5) is 10.1 Å². The molecule has 1 heterocycles. The van der Waals surface area contributed by atoms with Gasteiger partial charge in [0.05, 0.1) is 0 Å². The van der Waals surface area contributed by atoms with Gasteiger partial charge >= 0.3 is 0 Å². The first-order chi connectivity index (χ1) is 10.6. The number of hydrogen-bond acceptors (Lipinski definition) is 2. The first-order valence-corrected chi connectivity index (χ1v) is 7.52. The Bertz CT molecular complexity index is 699. The van der Waals surface area contributed by atoms with Gasteiger partial charge in [0.1, 0.15) is 5.82 Å². The number of halogens is 1. The van der Waals surface area contributed by atoms with Gasteiger partial charge in [-0.15, -0.1) is 0 Å². The fraction of sp³-hybridized carbons (Fsp3) is 0.278. The molecule has 0 aromatic heterocycles. The highest BCUT2D eigenvalue weighted by atomic mass is 19.1. The van der Waals surface area contributed by atoms with E-state index in [2.05, 4.69) is 22.8 Å². The summed E-state index contributed by atoms with van der Waals surface area (Å²) in [6.07, 6.45) is 0.865. The molecule has 0 fully saturated rings. The zero-order valence-corrected chi connectivity index (χ0v) is 12.5. The minimum Gasteiger partial charge on any atom is -0.384 e. The molecule has 1 aliphatic rings. The first-order valence-electron chi connectivity index (χ1n) is 7.52. The van der Waals surface area contributed by atoms with Crippen molar-refractivity contribution in [3.05, 3.63) is 65.0 Å². The van der Waals surface area contributed by atoms with Gasteiger partial charge in [0.15, 0.2) is 0 Å². The minimum atomic E-state index is -0.346. The third-order valence-electron chi connectivity index (χ3n) is 4.15. The largest absolute Gasteiger partial charge is 0.384 e. The van der Waals surface area contributed by atoms with Crippen molar-refractivity contribution in [3.63, 3.8) is 0 Å². The molecular weight excluding hydrogens is 279 g/mol. The Labute approximate surface area is 129 Å². The number of fused-ring (bicyclic) bond motifs is 1. The van der Waals surface area contributed by atoms with Gasteiger partial charge in [-0.1, -0.05) is 24.3 Å². The van der Waals surface area contributed by atoms with E-state index in [1.165, 1.54) is 17.3 Å². The van der Waals surface area contributed by atoms with Crippen LogP contribution >= 0.6 is 0 Å². The Kier molecular flexibility index (Phi) is 4.09. The topological polar surface area (TPSA) is 41.1 Å². The van der Waals surface area contributed by atoms with E-state index >= 15 is 0 Å². The third-order valence-corrected chi connectivity index (χ3v) is 4.15. The molecule has 1 amide bonds. The summed E-state index contributed by atoms with van der Waals surface area (Å²) in [5, 5.41) is 6.24. The summed E-state index contributed by atoms with van der Waals surface area (Å²) in [5.41, 5.74) is 3.40. The van der Waals surface area contributed by atoms with Crippen LogP contribution in [0.15, 0.2) is 42.5 Å². The van der Waals surface area contributed by atoms with E-state index in [1.807, 2.05) is 12.1 Å². The maximum Gasteiger partial charge on any atom is 0.251 e. The van der Waals surface area contributed by atoms with Crippen LogP contribution in [0, 0.1) is 12.7 Å². The SMILES string of the molecule is Cc1ccc(C(=O)NCCC2CNc3ccccc32)cc1F. The number of hydrogen-bond donors (Lipinski definition) is 2. The lowest BCUT2D eigenvalue weighted by molar-refractivity contribution is 0.0952. The van der Waals surface area contributed by atoms with Gasteiger partial charge in [0.25, 0.3) is 5.91 Å². The quantitative estimate of drug-likeness (QED) is 0.907. The molecular formula is C18H19FN2O. The molecule has 0 radical (unpaired) electrons. The summed E-state index contributed by atoms with van der Waals surface area (Å²) in [5.74, 6) is -0.161. The van der Waals surface area contributed by atoms with Crippen molar-refractivity contribution < 1.29 is 9.18 Å². The van der Waals surface area contributed by atoms with E-state index in [-0.39, 0.29) is 11.7 Å². The fourth-order valence-corrected chi connectivity index (χ4v) is 2.81. The van der Waals surface area contributed by atoms with Crippen LogP contribution < -0.4 is 10.6 Å². The zero-order valence-electron chi connectivity index (χ0n) is 12.5. The van der Waals surface area contributed by atoms with Crippen LogP contribution in [-0.4, -0.2) is 19.0 Å². The second-order valence-corrected chi connectivity index (χ2v) is 5.67. The first kappa shape index (κ1) is 14.6. The number of amides is 1. The molecule has 0 saturated carbocycles. The average molecular weight is 298 g/mol. The third kappa shape index (κ3) is 2.96. The standard InChI is InChI=1S/C18H19FN2O/c1-12-6-7-13(10-16(12)19)18(22)20-9-8-14-11-21-17-5-3-2-4-15(14)17/h2-7,10,14,21H,8-9,11H2,1H3,(H,20,22). The highest BCUT2D eigenvalue weighted by molar-refractivity contribution is 5.94. The molecule has 2 aromatic carbocycles. The maximum atomic E-state index is 13.5. The number of carbonyl (C=O) groups is 1. The zero-order chi connectivity index (χ0) is 15.5. The molecule has 3 nitrogen and oxygen atoms in total. The number of aryl methyl sites for hydroxylation is 1. The molecule has 0 saturated heterocycles. The summed E-state index contributed by atoms with van der Waals surface area (Å²) >= 11 is 0. The lowest BCUT2D eigenvalue weighted by Gasteiger charge is -2.11. The Balaban J connectivity index is 1.55. The summed E-state index contributed by atoms with van der Waals surface area (Å²) in [6, 6.07) is 12.8. The van der Waals surface area contributed by atoms with E-state index < -0.39 is 0 Å². The van der Waals surface area contributed by atoms with Crippen molar-refractivity contribution in [2.24, 2.45) is 0 Å². The van der Waals surface area contributed by atoms with E-state index in [0.29, 0.717) is 23.6 Å². The molecule has 2 N–H and O–H groups in total. The Morgan fingerprint density at radius 1 is 1.32 bits per heavy atom. The normalized spacial score (nSPS) is 16.0. The van der Waals surface area contributed by atoms with Crippen molar-refractivity contribution in [1.82, 2.24) is 5.32 Å². The van der Waals surface area contributed by atoms with Gasteiger partial charge in [0, 0.05) is 30.3 Å². The van der Waals surface area contributed by atoms with Gasteiger partial charge in [-0.3, -0.25) is 4.79 Å². The lowest BCUT2D eigenvalue weighted by Crippen LogP contribution is -2.26. The van der Waals surface area contributed by atoms with Crippen LogP contribution in [0.5, 0.6) is 0 Å². The predicted octanol–water partition coefficient (Wildman–Crippen LogP) is 3.46. The molecule has 3 rings (SSSR count). The van der Waals surface area contributed by atoms with Crippen LogP contribution in [0.3, 0.4) is 0 Å². The highest BCUT2D eigenvalue weighted by Gasteiger charge is 2.21. The van der Waals surface area contributed by atoms with Gasteiger partial charge in [-0.25, -0.2) is 4.39 Å². The summed E-state index contributed by atoms with van der Waals surface area (Å²) in [7, 11) is 0. The monoisotopic (exact) mass is 298 g/mol. The molecule has 0 bridgehead atoms. The number of anilines is 1. The van der Waals surface area contributed by atoms with Gasteiger partial charge in [0.2, 0.25) is 0 Å². The van der Waals surface area contributed by atoms with E-state index in [4.69, 9.17) is 0 Å². The molecule has 114 valence electrons. The van der Waals surface area contributed by atoms with Crippen LogP contribution in [-0.2, 0) is 0 Å².